The van der Waals surface area contributed by atoms with E-state index in [2.05, 4.69) is 53.1 Å². The zero-order chi connectivity index (χ0) is 11.7. The summed E-state index contributed by atoms with van der Waals surface area (Å²) in [5, 5.41) is 2.94. The Hall–Kier alpha value is 0.610. The number of alkyl halides is 1. The van der Waals surface area contributed by atoms with Crippen molar-refractivity contribution in [3.8, 4) is 0 Å². The first-order valence-corrected chi connectivity index (χ1v) is 8.27. The Labute approximate surface area is 124 Å². The Morgan fingerprint density at radius 1 is 1.56 bits per heavy atom. The first-order valence-electron chi connectivity index (χ1n) is 4.95. The van der Waals surface area contributed by atoms with Crippen molar-refractivity contribution in [3.63, 3.8) is 0 Å². The molecule has 1 N–H and O–H groups in total. The number of amides is 1. The van der Waals surface area contributed by atoms with Crippen LogP contribution < -0.4 is 5.32 Å². The molecule has 0 aromatic carbocycles. The fourth-order valence-electron chi connectivity index (χ4n) is 1.36. The molecule has 1 aliphatic carbocycles. The number of hydrogen-bond donors (Lipinski definition) is 1. The Morgan fingerprint density at radius 2 is 2.25 bits per heavy atom. The van der Waals surface area contributed by atoms with Gasteiger partial charge in [0, 0.05) is 15.8 Å². The first-order chi connectivity index (χ1) is 7.58. The highest BCUT2D eigenvalue weighted by molar-refractivity contribution is 9.13. The lowest BCUT2D eigenvalue weighted by molar-refractivity contribution is 0.0957. The van der Waals surface area contributed by atoms with Gasteiger partial charge in [0.25, 0.3) is 5.91 Å². The molecule has 0 radical (unpaired) electrons. The number of hydrogen-bond acceptors (Lipinski definition) is 2. The van der Waals surface area contributed by atoms with Gasteiger partial charge < -0.3 is 5.32 Å². The van der Waals surface area contributed by atoms with Crippen molar-refractivity contribution in [1.29, 1.82) is 0 Å². The molecule has 1 amide bonds. The number of nitrogens with one attached hydrogen (secondary N) is 1. The molecular weight excluding hydrogens is 422 g/mol. The zero-order valence-corrected chi connectivity index (χ0v) is 13.9. The smallest absolute Gasteiger partial charge is 0.261 e. The van der Waals surface area contributed by atoms with Crippen LogP contribution in [0.4, 0.5) is 0 Å². The minimum atomic E-state index is 0.00139. The third-order valence-corrected chi connectivity index (χ3v) is 6.79. The van der Waals surface area contributed by atoms with E-state index in [-0.39, 0.29) is 5.91 Å². The van der Waals surface area contributed by atoms with Crippen molar-refractivity contribution in [3.05, 3.63) is 19.2 Å². The minimum Gasteiger partial charge on any atom is -0.350 e. The number of halogens is 3. The van der Waals surface area contributed by atoms with Gasteiger partial charge in [-0.3, -0.25) is 4.79 Å². The van der Waals surface area contributed by atoms with Crippen molar-refractivity contribution in [2.45, 2.75) is 17.7 Å². The number of thiophene rings is 1. The van der Waals surface area contributed by atoms with Crippen LogP contribution in [0.5, 0.6) is 0 Å². The predicted octanol–water partition coefficient (Wildman–Crippen LogP) is 4.18. The molecule has 0 spiro atoms. The van der Waals surface area contributed by atoms with Crippen LogP contribution in [0, 0.1) is 5.92 Å². The minimum absolute atomic E-state index is 0.00139. The molecule has 0 aliphatic heterocycles. The van der Waals surface area contributed by atoms with Crippen LogP contribution in [0.15, 0.2) is 14.3 Å². The van der Waals surface area contributed by atoms with E-state index >= 15 is 0 Å². The second-order valence-electron chi connectivity index (χ2n) is 3.80. The number of carbonyl (C=O) groups is 1. The van der Waals surface area contributed by atoms with Crippen molar-refractivity contribution in [1.82, 2.24) is 5.32 Å². The molecule has 0 bridgehead atoms. The topological polar surface area (TPSA) is 29.1 Å². The summed E-state index contributed by atoms with van der Waals surface area (Å²) in [6.07, 6.45) is 2.56. The predicted molar refractivity (Wildman–Crippen MR) is 77.5 cm³/mol. The molecule has 1 fully saturated rings. The molecule has 1 aromatic heterocycles. The Morgan fingerprint density at radius 3 is 2.75 bits per heavy atom. The lowest BCUT2D eigenvalue weighted by Crippen LogP contribution is -2.29. The maximum absolute atomic E-state index is 11.8. The Balaban J connectivity index is 1.87. The maximum Gasteiger partial charge on any atom is 0.261 e. The molecule has 1 heterocycles. The van der Waals surface area contributed by atoms with Gasteiger partial charge in [0.2, 0.25) is 0 Å². The van der Waals surface area contributed by atoms with Crippen LogP contribution in [-0.4, -0.2) is 17.3 Å². The van der Waals surface area contributed by atoms with Crippen LogP contribution >= 0.6 is 59.1 Å². The molecule has 88 valence electrons. The first kappa shape index (κ1) is 13.1. The third-order valence-electron chi connectivity index (χ3n) is 2.46. The third kappa shape index (κ3) is 3.31. The highest BCUT2D eigenvalue weighted by atomic mass is 79.9. The van der Waals surface area contributed by atoms with Gasteiger partial charge in [-0.1, -0.05) is 15.9 Å². The van der Waals surface area contributed by atoms with Crippen molar-refractivity contribution >= 4 is 65.0 Å². The summed E-state index contributed by atoms with van der Waals surface area (Å²) in [6.45, 7) is 0.705. The van der Waals surface area contributed by atoms with E-state index in [1.807, 2.05) is 6.07 Å². The monoisotopic (exact) mass is 429 g/mol. The summed E-state index contributed by atoms with van der Waals surface area (Å²) in [7, 11) is 0. The molecule has 16 heavy (non-hydrogen) atoms. The molecular formula is C10H10Br3NOS. The summed E-state index contributed by atoms with van der Waals surface area (Å²) >= 11 is 11.8. The van der Waals surface area contributed by atoms with Crippen LogP contribution in [0.3, 0.4) is 0 Å². The van der Waals surface area contributed by atoms with E-state index in [9.17, 15) is 4.79 Å². The number of carbonyl (C=O) groups excluding carboxylic acids is 1. The number of rotatable bonds is 4. The van der Waals surface area contributed by atoms with Gasteiger partial charge in [0.15, 0.2) is 0 Å². The summed E-state index contributed by atoms with van der Waals surface area (Å²) < 4.78 is 1.88. The highest BCUT2D eigenvalue weighted by Crippen LogP contribution is 2.36. The largest absolute Gasteiger partial charge is 0.350 e. The summed E-state index contributed by atoms with van der Waals surface area (Å²) in [4.78, 5) is 12.9. The fourth-order valence-corrected chi connectivity index (χ4v) is 4.00. The van der Waals surface area contributed by atoms with E-state index in [0.717, 1.165) is 19.1 Å². The van der Waals surface area contributed by atoms with Crippen molar-refractivity contribution in [2.75, 3.05) is 6.54 Å². The SMILES string of the molecule is O=C(NCC(Br)C1CC1)c1cc(Br)c(Br)s1. The van der Waals surface area contributed by atoms with Gasteiger partial charge in [0.1, 0.15) is 0 Å². The van der Waals surface area contributed by atoms with Gasteiger partial charge in [-0.2, -0.15) is 0 Å². The molecule has 1 atom stereocenters. The normalized spacial score (nSPS) is 17.2. The Bertz CT molecular complexity index is 383. The summed E-state index contributed by atoms with van der Waals surface area (Å²) in [6, 6.07) is 1.84. The molecule has 1 aromatic rings. The van der Waals surface area contributed by atoms with Gasteiger partial charge in [0.05, 0.1) is 8.66 Å². The van der Waals surface area contributed by atoms with Crippen LogP contribution in [0.2, 0.25) is 0 Å². The van der Waals surface area contributed by atoms with Crippen molar-refractivity contribution < 1.29 is 4.79 Å². The fraction of sp³-hybridized carbons (Fsp3) is 0.500. The lowest BCUT2D eigenvalue weighted by atomic mass is 10.3. The molecule has 2 rings (SSSR count). The summed E-state index contributed by atoms with van der Waals surface area (Å²) in [5.41, 5.74) is 0. The molecule has 6 heteroatoms. The Kier molecular flexibility index (Phi) is 4.49. The van der Waals surface area contributed by atoms with E-state index in [0.29, 0.717) is 11.4 Å². The van der Waals surface area contributed by atoms with Gasteiger partial charge in [-0.25, -0.2) is 0 Å². The van der Waals surface area contributed by atoms with Crippen molar-refractivity contribution in [2.24, 2.45) is 5.92 Å². The van der Waals surface area contributed by atoms with Crippen LogP contribution in [0.1, 0.15) is 22.5 Å². The van der Waals surface area contributed by atoms with E-state index in [1.54, 1.807) is 0 Å². The molecule has 1 aliphatic rings. The zero-order valence-electron chi connectivity index (χ0n) is 8.30. The molecule has 1 unspecified atom stereocenters. The standard InChI is InChI=1S/C10H10Br3NOS/c11-6-3-8(16-9(6)13)10(15)14-4-7(12)5-1-2-5/h3,5,7H,1-2,4H2,(H,14,15). The van der Waals surface area contributed by atoms with E-state index in [1.165, 1.54) is 24.2 Å². The second kappa shape index (κ2) is 5.50. The van der Waals surface area contributed by atoms with Crippen LogP contribution in [-0.2, 0) is 0 Å². The van der Waals surface area contributed by atoms with Crippen LogP contribution in [0.25, 0.3) is 0 Å². The lowest BCUT2D eigenvalue weighted by Gasteiger charge is -2.08. The van der Waals surface area contributed by atoms with Gasteiger partial charge in [-0.05, 0) is 56.7 Å². The van der Waals surface area contributed by atoms with Gasteiger partial charge in [-0.15, -0.1) is 11.3 Å². The quantitative estimate of drug-likeness (QED) is 0.712. The summed E-state index contributed by atoms with van der Waals surface area (Å²) in [5.74, 6) is 0.753. The average Bonchev–Trinajstić information content (AvgIpc) is 3.03. The van der Waals surface area contributed by atoms with Gasteiger partial charge >= 0.3 is 0 Å². The van der Waals surface area contributed by atoms with E-state index in [4.69, 9.17) is 0 Å². The molecule has 0 saturated heterocycles. The molecule has 1 saturated carbocycles. The molecule has 2 nitrogen and oxygen atoms in total. The average molecular weight is 432 g/mol. The van der Waals surface area contributed by atoms with E-state index < -0.39 is 0 Å². The maximum atomic E-state index is 11.8. The highest BCUT2D eigenvalue weighted by Gasteiger charge is 2.29. The second-order valence-corrected chi connectivity index (χ2v) is 8.20.